The second-order valence-corrected chi connectivity index (χ2v) is 7.17. The van der Waals surface area contributed by atoms with Crippen molar-refractivity contribution in [2.24, 2.45) is 0 Å². The van der Waals surface area contributed by atoms with E-state index >= 15 is 0 Å². The van der Waals surface area contributed by atoms with E-state index in [1.807, 2.05) is 49.4 Å². The molecule has 0 atom stereocenters. The fourth-order valence-corrected chi connectivity index (χ4v) is 3.50. The van der Waals surface area contributed by atoms with Gasteiger partial charge < -0.3 is 13.9 Å². The van der Waals surface area contributed by atoms with Gasteiger partial charge in [-0.25, -0.2) is 9.59 Å². The van der Waals surface area contributed by atoms with E-state index in [9.17, 15) is 9.59 Å². The van der Waals surface area contributed by atoms with Crippen molar-refractivity contribution in [1.82, 2.24) is 0 Å². The summed E-state index contributed by atoms with van der Waals surface area (Å²) in [6.45, 7) is 1.78. The van der Waals surface area contributed by atoms with Crippen LogP contribution in [0.25, 0.3) is 21.4 Å². The summed E-state index contributed by atoms with van der Waals surface area (Å²) in [6.07, 6.45) is 0. The van der Waals surface area contributed by atoms with Gasteiger partial charge in [0.05, 0.1) is 4.70 Å². The normalized spacial score (nSPS) is 10.8. The van der Waals surface area contributed by atoms with Crippen LogP contribution in [0.2, 0.25) is 0 Å². The summed E-state index contributed by atoms with van der Waals surface area (Å²) < 4.78 is 16.8. The zero-order valence-corrected chi connectivity index (χ0v) is 15.8. The fourth-order valence-electron chi connectivity index (χ4n) is 2.78. The quantitative estimate of drug-likeness (QED) is 0.360. The monoisotopic (exact) mass is 392 g/mol. The van der Waals surface area contributed by atoms with E-state index in [-0.39, 0.29) is 6.61 Å². The highest BCUT2D eigenvalue weighted by molar-refractivity contribution is 7.16. The molecule has 0 aliphatic rings. The first-order valence-electron chi connectivity index (χ1n) is 8.62. The summed E-state index contributed by atoms with van der Waals surface area (Å²) in [5.41, 5.74) is 3.17. The molecule has 0 aliphatic carbocycles. The highest BCUT2D eigenvalue weighted by atomic mass is 32.1. The van der Waals surface area contributed by atoms with Crippen LogP contribution in [0.15, 0.2) is 75.9 Å². The van der Waals surface area contributed by atoms with Crippen LogP contribution in [-0.4, -0.2) is 12.6 Å². The highest BCUT2D eigenvalue weighted by Crippen LogP contribution is 2.34. The molecule has 1 heterocycles. The van der Waals surface area contributed by atoms with E-state index in [0.29, 0.717) is 27.3 Å². The van der Waals surface area contributed by atoms with E-state index in [2.05, 4.69) is 0 Å². The molecule has 1 aromatic heterocycles. The minimum atomic E-state index is -0.533. The number of carbonyl (C=O) groups is 1. The number of esters is 1. The van der Waals surface area contributed by atoms with Crippen LogP contribution in [0.5, 0.6) is 11.5 Å². The van der Waals surface area contributed by atoms with Crippen molar-refractivity contribution in [2.75, 3.05) is 6.61 Å². The molecular weight excluding hydrogens is 376 g/mol. The lowest BCUT2D eigenvalue weighted by Gasteiger charge is -2.09. The largest absolute Gasteiger partial charge is 0.482 e. The first kappa shape index (κ1) is 18.0. The molecule has 5 nitrogen and oxygen atoms in total. The summed E-state index contributed by atoms with van der Waals surface area (Å²) in [5, 5.41) is 0. The van der Waals surface area contributed by atoms with Gasteiger partial charge in [-0.1, -0.05) is 59.4 Å². The number of ether oxygens (including phenoxy) is 2. The minimum absolute atomic E-state index is 0.219. The van der Waals surface area contributed by atoms with Gasteiger partial charge in [-0.05, 0) is 30.7 Å². The first-order valence-corrected chi connectivity index (χ1v) is 9.43. The molecule has 0 spiro atoms. The Balaban J connectivity index is 1.61. The van der Waals surface area contributed by atoms with Gasteiger partial charge in [0.15, 0.2) is 12.2 Å². The molecule has 140 valence electrons. The molecule has 0 saturated carbocycles. The number of carbonyl (C=O) groups excluding carboxylic acids is 1. The lowest BCUT2D eigenvalue weighted by Crippen LogP contribution is -2.17. The summed E-state index contributed by atoms with van der Waals surface area (Å²) in [5.74, 6) is 0.388. The Bertz CT molecular complexity index is 1170. The van der Waals surface area contributed by atoms with Crippen molar-refractivity contribution in [3.8, 4) is 22.6 Å². The van der Waals surface area contributed by atoms with Crippen LogP contribution in [0, 0.1) is 6.92 Å². The molecule has 0 bridgehead atoms. The minimum Gasteiger partial charge on any atom is -0.482 e. The molecule has 0 amide bonds. The lowest BCUT2D eigenvalue weighted by molar-refractivity contribution is -0.136. The molecule has 6 heteroatoms. The van der Waals surface area contributed by atoms with E-state index in [1.54, 1.807) is 24.3 Å². The predicted molar refractivity (Wildman–Crippen MR) is 108 cm³/mol. The number of hydrogen-bond acceptors (Lipinski definition) is 6. The average Bonchev–Trinajstić information content (AvgIpc) is 3.07. The standard InChI is InChI=1S/C22H16O5S/c1-14-7-9-15(10-8-14)18-11-17(12-19-21(18)27-22(24)28-19)26-20(23)13-25-16-5-3-2-4-6-16/h2-12H,13H2,1H3. The number of benzene rings is 3. The molecule has 4 aromatic rings. The summed E-state index contributed by atoms with van der Waals surface area (Å²) >= 11 is 0.971. The molecule has 4 rings (SSSR count). The van der Waals surface area contributed by atoms with Crippen LogP contribution in [0.1, 0.15) is 5.56 Å². The number of para-hydroxylation sites is 1. The highest BCUT2D eigenvalue weighted by Gasteiger charge is 2.15. The number of hydrogen-bond donors (Lipinski definition) is 0. The van der Waals surface area contributed by atoms with E-state index in [0.717, 1.165) is 22.5 Å². The maximum absolute atomic E-state index is 12.2. The molecule has 0 saturated heterocycles. The zero-order chi connectivity index (χ0) is 19.5. The van der Waals surface area contributed by atoms with E-state index in [1.165, 1.54) is 0 Å². The summed E-state index contributed by atoms with van der Waals surface area (Å²) in [4.78, 5) is 23.5. The molecular formula is C22H16O5S. The topological polar surface area (TPSA) is 65.7 Å². The van der Waals surface area contributed by atoms with Crippen LogP contribution in [-0.2, 0) is 4.79 Å². The van der Waals surface area contributed by atoms with Gasteiger partial charge >= 0.3 is 10.9 Å². The van der Waals surface area contributed by atoms with Crippen molar-refractivity contribution in [3.05, 3.63) is 82.0 Å². The first-order chi connectivity index (χ1) is 13.6. The number of rotatable bonds is 5. The number of aryl methyl sites for hydroxylation is 1. The Hall–Kier alpha value is -3.38. The molecule has 0 aliphatic heterocycles. The van der Waals surface area contributed by atoms with Crippen molar-refractivity contribution in [2.45, 2.75) is 6.92 Å². The van der Waals surface area contributed by atoms with Crippen LogP contribution >= 0.6 is 11.3 Å². The maximum Gasteiger partial charge on any atom is 0.396 e. The summed E-state index contributed by atoms with van der Waals surface area (Å²) in [6, 6.07) is 20.2. The smallest absolute Gasteiger partial charge is 0.396 e. The SMILES string of the molecule is Cc1ccc(-c2cc(OC(=O)COc3ccccc3)cc3sc(=O)oc23)cc1. The van der Waals surface area contributed by atoms with Crippen LogP contribution in [0.3, 0.4) is 0 Å². The Morgan fingerprint density at radius 2 is 1.75 bits per heavy atom. The molecule has 0 N–H and O–H groups in total. The van der Waals surface area contributed by atoms with Gasteiger partial charge in [0, 0.05) is 11.6 Å². The molecule has 28 heavy (non-hydrogen) atoms. The maximum atomic E-state index is 12.2. The average molecular weight is 392 g/mol. The lowest BCUT2D eigenvalue weighted by atomic mass is 10.0. The Morgan fingerprint density at radius 3 is 2.50 bits per heavy atom. The summed E-state index contributed by atoms with van der Waals surface area (Å²) in [7, 11) is 0. The Labute approximate surface area is 164 Å². The second kappa shape index (κ2) is 7.70. The Morgan fingerprint density at radius 1 is 1.00 bits per heavy atom. The van der Waals surface area contributed by atoms with Crippen molar-refractivity contribution in [3.63, 3.8) is 0 Å². The third-order valence-electron chi connectivity index (χ3n) is 4.10. The van der Waals surface area contributed by atoms with Gasteiger partial charge in [-0.15, -0.1) is 0 Å². The predicted octanol–water partition coefficient (Wildman–Crippen LogP) is 4.81. The van der Waals surface area contributed by atoms with Gasteiger partial charge in [0.1, 0.15) is 11.5 Å². The van der Waals surface area contributed by atoms with Crippen LogP contribution < -0.4 is 14.4 Å². The second-order valence-electron chi connectivity index (χ2n) is 6.19. The van der Waals surface area contributed by atoms with E-state index in [4.69, 9.17) is 13.9 Å². The van der Waals surface area contributed by atoms with Gasteiger partial charge in [-0.2, -0.15) is 0 Å². The van der Waals surface area contributed by atoms with Crippen molar-refractivity contribution >= 4 is 27.6 Å². The molecule has 0 unspecified atom stereocenters. The van der Waals surface area contributed by atoms with Gasteiger partial charge in [0.2, 0.25) is 0 Å². The third-order valence-corrected chi connectivity index (χ3v) is 4.87. The van der Waals surface area contributed by atoms with Crippen molar-refractivity contribution in [1.29, 1.82) is 0 Å². The van der Waals surface area contributed by atoms with Crippen LogP contribution in [0.4, 0.5) is 0 Å². The third kappa shape index (κ3) is 3.97. The van der Waals surface area contributed by atoms with Crippen molar-refractivity contribution < 1.29 is 18.7 Å². The van der Waals surface area contributed by atoms with E-state index < -0.39 is 10.9 Å². The Kier molecular flexibility index (Phi) is 4.95. The number of fused-ring (bicyclic) bond motifs is 1. The van der Waals surface area contributed by atoms with Gasteiger partial charge in [0.25, 0.3) is 0 Å². The molecule has 0 fully saturated rings. The molecule has 0 radical (unpaired) electrons. The fraction of sp³-hybridized carbons (Fsp3) is 0.0909. The molecule has 3 aromatic carbocycles. The van der Waals surface area contributed by atoms with Gasteiger partial charge in [-0.3, -0.25) is 0 Å². The zero-order valence-electron chi connectivity index (χ0n) is 15.0.